The molecule has 0 heterocycles. The van der Waals surface area contributed by atoms with Crippen LogP contribution in [-0.2, 0) is 0 Å². The van der Waals surface area contributed by atoms with E-state index >= 15 is 0 Å². The Balaban J connectivity index is 2.18. The summed E-state index contributed by atoms with van der Waals surface area (Å²) >= 11 is 8.13. The summed E-state index contributed by atoms with van der Waals surface area (Å²) in [7, 11) is 0. The van der Waals surface area contributed by atoms with Gasteiger partial charge in [-0.05, 0) is 71.8 Å². The van der Waals surface area contributed by atoms with Crippen molar-refractivity contribution in [2.45, 2.75) is 13.8 Å². The molecular formula is C16H16ClIN2O2. The van der Waals surface area contributed by atoms with Crippen LogP contribution in [0.25, 0.3) is 0 Å². The van der Waals surface area contributed by atoms with Gasteiger partial charge in [0.2, 0.25) is 0 Å². The summed E-state index contributed by atoms with van der Waals surface area (Å²) in [5.41, 5.74) is 5.59. The van der Waals surface area contributed by atoms with Crippen molar-refractivity contribution in [2.75, 3.05) is 12.0 Å². The van der Waals surface area contributed by atoms with Gasteiger partial charge in [-0.1, -0.05) is 17.7 Å². The van der Waals surface area contributed by atoms with Crippen LogP contribution in [0.1, 0.15) is 18.1 Å². The molecular weight excluding hydrogens is 415 g/mol. The maximum atomic E-state index is 9.92. The molecule has 116 valence electrons. The second-order valence-electron chi connectivity index (χ2n) is 4.56. The molecule has 2 aromatic carbocycles. The summed E-state index contributed by atoms with van der Waals surface area (Å²) in [5, 5.41) is 14.8. The summed E-state index contributed by atoms with van der Waals surface area (Å²) in [6, 6.07) is 9.18. The Hall–Kier alpha value is -1.47. The highest BCUT2D eigenvalue weighted by atomic mass is 127. The highest BCUT2D eigenvalue weighted by Gasteiger charge is 2.08. The van der Waals surface area contributed by atoms with Crippen molar-refractivity contribution in [2.24, 2.45) is 5.10 Å². The number of rotatable bonds is 5. The first-order valence-corrected chi connectivity index (χ1v) is 8.18. The molecule has 0 saturated heterocycles. The van der Waals surface area contributed by atoms with Crippen LogP contribution >= 0.6 is 34.2 Å². The van der Waals surface area contributed by atoms with Crippen LogP contribution in [0, 0.1) is 10.5 Å². The minimum Gasteiger partial charge on any atom is -0.504 e. The first-order valence-electron chi connectivity index (χ1n) is 6.72. The third kappa shape index (κ3) is 4.04. The standard InChI is InChI=1S/C16H16ClIN2O2/c1-3-22-15-8-11(7-13(18)16(15)21)9-19-20-14-6-4-5-12(17)10(14)2/h4-9,20-21H,3H2,1-2H3. The van der Waals surface area contributed by atoms with Crippen LogP contribution in [0.5, 0.6) is 11.5 Å². The number of phenols is 1. The van der Waals surface area contributed by atoms with Gasteiger partial charge in [0.25, 0.3) is 0 Å². The molecule has 0 aliphatic carbocycles. The highest BCUT2D eigenvalue weighted by molar-refractivity contribution is 14.1. The zero-order valence-electron chi connectivity index (χ0n) is 12.2. The average Bonchev–Trinajstić information content (AvgIpc) is 2.49. The van der Waals surface area contributed by atoms with E-state index in [1.165, 1.54) is 0 Å². The Bertz CT molecular complexity index is 705. The predicted octanol–water partition coefficient (Wildman–Crippen LogP) is 4.80. The first kappa shape index (κ1) is 16.9. The van der Waals surface area contributed by atoms with E-state index in [9.17, 15) is 5.11 Å². The van der Waals surface area contributed by atoms with E-state index in [0.717, 1.165) is 16.8 Å². The monoisotopic (exact) mass is 430 g/mol. The van der Waals surface area contributed by atoms with Gasteiger partial charge in [-0.15, -0.1) is 0 Å². The molecule has 0 aliphatic heterocycles. The van der Waals surface area contributed by atoms with Crippen LogP contribution in [0.2, 0.25) is 5.02 Å². The normalized spacial score (nSPS) is 10.9. The average molecular weight is 431 g/mol. The SMILES string of the molecule is CCOc1cc(C=NNc2cccc(Cl)c2C)cc(I)c1O. The number of hydrogen-bond donors (Lipinski definition) is 2. The van der Waals surface area contributed by atoms with Crippen molar-refractivity contribution in [1.29, 1.82) is 0 Å². The van der Waals surface area contributed by atoms with E-state index in [1.807, 2.05) is 38.1 Å². The Labute approximate surface area is 148 Å². The van der Waals surface area contributed by atoms with Gasteiger partial charge in [0.1, 0.15) is 0 Å². The zero-order valence-corrected chi connectivity index (χ0v) is 15.1. The number of halogens is 2. The largest absolute Gasteiger partial charge is 0.504 e. The van der Waals surface area contributed by atoms with Gasteiger partial charge in [0, 0.05) is 5.02 Å². The molecule has 22 heavy (non-hydrogen) atoms. The molecule has 4 nitrogen and oxygen atoms in total. The van der Waals surface area contributed by atoms with Gasteiger partial charge in [-0.25, -0.2) is 0 Å². The second kappa shape index (κ2) is 7.69. The van der Waals surface area contributed by atoms with Crippen LogP contribution < -0.4 is 10.2 Å². The van der Waals surface area contributed by atoms with Crippen molar-refractivity contribution in [1.82, 2.24) is 0 Å². The molecule has 0 unspecified atom stereocenters. The van der Waals surface area contributed by atoms with Crippen LogP contribution in [0.4, 0.5) is 5.69 Å². The molecule has 6 heteroatoms. The molecule has 2 aromatic rings. The third-order valence-corrected chi connectivity index (χ3v) is 4.25. The van der Waals surface area contributed by atoms with Gasteiger partial charge < -0.3 is 9.84 Å². The highest BCUT2D eigenvalue weighted by Crippen LogP contribution is 2.32. The minimum absolute atomic E-state index is 0.151. The maximum absolute atomic E-state index is 9.92. The maximum Gasteiger partial charge on any atom is 0.171 e. The number of nitrogens with one attached hydrogen (secondary N) is 1. The smallest absolute Gasteiger partial charge is 0.171 e. The van der Waals surface area contributed by atoms with E-state index in [-0.39, 0.29) is 5.75 Å². The van der Waals surface area contributed by atoms with Gasteiger partial charge in [0.15, 0.2) is 11.5 Å². The molecule has 0 bridgehead atoms. The molecule has 0 aromatic heterocycles. The topological polar surface area (TPSA) is 53.8 Å². The molecule has 0 saturated carbocycles. The quantitative estimate of drug-likeness (QED) is 0.407. The van der Waals surface area contributed by atoms with Crippen molar-refractivity contribution in [3.8, 4) is 11.5 Å². The number of hydrogen-bond acceptors (Lipinski definition) is 4. The number of aromatic hydroxyl groups is 1. The van der Waals surface area contributed by atoms with E-state index in [0.29, 0.717) is 20.9 Å². The van der Waals surface area contributed by atoms with Crippen molar-refractivity contribution < 1.29 is 9.84 Å². The lowest BCUT2D eigenvalue weighted by atomic mass is 10.2. The van der Waals surface area contributed by atoms with E-state index < -0.39 is 0 Å². The number of hydrazone groups is 1. The fourth-order valence-corrected chi connectivity index (χ4v) is 2.64. The molecule has 0 amide bonds. The fourth-order valence-electron chi connectivity index (χ4n) is 1.84. The number of nitrogens with zero attached hydrogens (tertiary/aromatic N) is 1. The molecule has 2 N–H and O–H groups in total. The van der Waals surface area contributed by atoms with Crippen LogP contribution in [0.15, 0.2) is 35.4 Å². The van der Waals surface area contributed by atoms with E-state index in [1.54, 1.807) is 12.3 Å². The third-order valence-electron chi connectivity index (χ3n) is 3.02. The number of benzene rings is 2. The molecule has 0 aliphatic rings. The van der Waals surface area contributed by atoms with Gasteiger partial charge in [0.05, 0.1) is 22.1 Å². The van der Waals surface area contributed by atoms with Gasteiger partial charge >= 0.3 is 0 Å². The number of ether oxygens (including phenoxy) is 1. The Morgan fingerprint density at radius 2 is 2.18 bits per heavy atom. The van der Waals surface area contributed by atoms with Crippen molar-refractivity contribution >= 4 is 46.1 Å². The second-order valence-corrected chi connectivity index (χ2v) is 6.13. The molecule has 0 spiro atoms. The van der Waals surface area contributed by atoms with E-state index in [2.05, 4.69) is 33.1 Å². The van der Waals surface area contributed by atoms with Crippen molar-refractivity contribution in [3.05, 3.63) is 50.1 Å². The van der Waals surface area contributed by atoms with Crippen LogP contribution in [0.3, 0.4) is 0 Å². The van der Waals surface area contributed by atoms with Gasteiger partial charge in [-0.3, -0.25) is 5.43 Å². The lowest BCUT2D eigenvalue weighted by molar-refractivity contribution is 0.317. The minimum atomic E-state index is 0.151. The Kier molecular flexibility index (Phi) is 5.90. The Morgan fingerprint density at radius 3 is 2.91 bits per heavy atom. The first-order chi connectivity index (χ1) is 10.5. The number of anilines is 1. The zero-order chi connectivity index (χ0) is 16.1. The van der Waals surface area contributed by atoms with Crippen LogP contribution in [-0.4, -0.2) is 17.9 Å². The summed E-state index contributed by atoms with van der Waals surface area (Å²) in [4.78, 5) is 0. The summed E-state index contributed by atoms with van der Waals surface area (Å²) in [5.74, 6) is 0.605. The molecule has 2 rings (SSSR count). The van der Waals surface area contributed by atoms with Gasteiger partial charge in [-0.2, -0.15) is 5.10 Å². The lowest BCUT2D eigenvalue weighted by Crippen LogP contribution is -1.97. The fraction of sp³-hybridized carbons (Fsp3) is 0.188. The Morgan fingerprint density at radius 1 is 1.41 bits per heavy atom. The summed E-state index contributed by atoms with van der Waals surface area (Å²) < 4.78 is 6.12. The number of phenolic OH excluding ortho intramolecular Hbond substituents is 1. The predicted molar refractivity (Wildman–Crippen MR) is 99.4 cm³/mol. The lowest BCUT2D eigenvalue weighted by Gasteiger charge is -2.09. The summed E-state index contributed by atoms with van der Waals surface area (Å²) in [6.45, 7) is 4.29. The summed E-state index contributed by atoms with van der Waals surface area (Å²) in [6.07, 6.45) is 1.67. The molecule has 0 atom stereocenters. The molecule has 0 fully saturated rings. The van der Waals surface area contributed by atoms with Crippen molar-refractivity contribution in [3.63, 3.8) is 0 Å². The molecule has 0 radical (unpaired) electrons. The van der Waals surface area contributed by atoms with E-state index in [4.69, 9.17) is 16.3 Å².